The third-order valence-electron chi connectivity index (χ3n) is 8.46. The summed E-state index contributed by atoms with van der Waals surface area (Å²) >= 11 is 0. The maximum Gasteiger partial charge on any atom is 0.0788 e. The van der Waals surface area contributed by atoms with Gasteiger partial charge in [-0.05, 0) is 36.4 Å². The summed E-state index contributed by atoms with van der Waals surface area (Å²) in [5, 5.41) is 3.52. The Hall–Kier alpha value is -5.93. The highest BCUT2D eigenvalue weighted by Crippen LogP contribution is 2.42. The van der Waals surface area contributed by atoms with E-state index < -0.39 is 0 Å². The smallest absolute Gasteiger partial charge is 0.0788 e. The number of para-hydroxylation sites is 2. The number of fused-ring (bicyclic) bond motifs is 5. The van der Waals surface area contributed by atoms with Crippen LogP contribution in [0.3, 0.4) is 0 Å². The monoisotopic (exact) mass is 563 g/mol. The zero-order valence-corrected chi connectivity index (χ0v) is 24.2. The van der Waals surface area contributed by atoms with E-state index in [1.807, 2.05) is 24.3 Å². The van der Waals surface area contributed by atoms with E-state index in [0.717, 1.165) is 67.1 Å². The molecular weight excluding hydrogens is 534 g/mol. The van der Waals surface area contributed by atoms with E-state index in [1.165, 1.54) is 10.8 Å². The lowest BCUT2D eigenvalue weighted by atomic mass is 10.1. The van der Waals surface area contributed by atoms with Crippen LogP contribution in [0.25, 0.3) is 78.8 Å². The highest BCUT2D eigenvalue weighted by atomic mass is 15.1. The summed E-state index contributed by atoms with van der Waals surface area (Å²) in [6.45, 7) is 8.45. The van der Waals surface area contributed by atoms with E-state index in [1.54, 1.807) is 0 Å². The van der Waals surface area contributed by atoms with Gasteiger partial charge in [0.05, 0.1) is 39.3 Å². The maximum absolute atomic E-state index is 5.17. The molecule has 8 rings (SSSR count). The molecule has 0 saturated carbocycles. The summed E-state index contributed by atoms with van der Waals surface area (Å²) < 4.78 is 4.74. The number of hydrogen-bond acceptors (Lipinski definition) is 1. The molecule has 8 aromatic rings. The second-order valence-electron chi connectivity index (χ2n) is 10.9. The van der Waals surface area contributed by atoms with Gasteiger partial charge in [-0.2, -0.15) is 0 Å². The molecular formula is C41H29N3. The Labute approximate surface area is 256 Å². The minimum absolute atomic E-state index is 0.928. The van der Waals surface area contributed by atoms with Crippen molar-refractivity contribution in [1.29, 1.82) is 0 Å². The summed E-state index contributed by atoms with van der Waals surface area (Å²) in [7, 11) is 0. The fourth-order valence-corrected chi connectivity index (χ4v) is 6.55. The lowest BCUT2D eigenvalue weighted by molar-refractivity contribution is 1.10. The van der Waals surface area contributed by atoms with Gasteiger partial charge in [0, 0.05) is 38.5 Å². The number of pyridine rings is 1. The number of rotatable bonds is 6. The average Bonchev–Trinajstić information content (AvgIpc) is 3.61. The SMILES string of the molecule is C=Cc1c(C=C)n(-c2ccccc2)c2c1ccc1c3ccccc3n(-c3cc(-c4ccccc4)nc(-c4ccccc4)c3)c12. The molecule has 208 valence electrons. The number of aromatic nitrogens is 3. The van der Waals surface area contributed by atoms with Crippen LogP contribution in [0.5, 0.6) is 0 Å². The van der Waals surface area contributed by atoms with Crippen LogP contribution >= 0.6 is 0 Å². The standard InChI is InChI=1S/C41H29N3/c1-3-32-34-24-25-35-33-22-14-15-23-39(33)44(41(35)40(34)43(38(32)4-2)30-20-12-7-13-21-30)31-26-36(28-16-8-5-9-17-28)42-37(27-31)29-18-10-6-11-19-29/h3-27H,1-2H2. The van der Waals surface area contributed by atoms with E-state index in [-0.39, 0.29) is 0 Å². The Morgan fingerprint density at radius 3 is 1.64 bits per heavy atom. The van der Waals surface area contributed by atoms with Crippen molar-refractivity contribution in [3.8, 4) is 33.9 Å². The van der Waals surface area contributed by atoms with Gasteiger partial charge in [-0.3, -0.25) is 0 Å². The molecule has 3 heterocycles. The molecule has 0 fully saturated rings. The molecule has 3 heteroatoms. The van der Waals surface area contributed by atoms with E-state index >= 15 is 0 Å². The molecule has 0 saturated heterocycles. The van der Waals surface area contributed by atoms with Crippen molar-refractivity contribution in [3.05, 3.63) is 164 Å². The summed E-state index contributed by atoms with van der Waals surface area (Å²) in [5.74, 6) is 0. The first-order valence-corrected chi connectivity index (χ1v) is 14.8. The minimum Gasteiger partial charge on any atom is -0.307 e. The largest absolute Gasteiger partial charge is 0.307 e. The topological polar surface area (TPSA) is 22.8 Å². The van der Waals surface area contributed by atoms with Crippen LogP contribution in [-0.2, 0) is 0 Å². The van der Waals surface area contributed by atoms with Gasteiger partial charge in [0.1, 0.15) is 0 Å². The zero-order chi connectivity index (χ0) is 29.6. The van der Waals surface area contributed by atoms with Crippen molar-refractivity contribution in [2.45, 2.75) is 0 Å². The third-order valence-corrected chi connectivity index (χ3v) is 8.46. The molecule has 5 aromatic carbocycles. The molecule has 0 atom stereocenters. The lowest BCUT2D eigenvalue weighted by Crippen LogP contribution is -2.01. The van der Waals surface area contributed by atoms with E-state index in [4.69, 9.17) is 4.98 Å². The number of benzene rings is 5. The minimum atomic E-state index is 0.928. The zero-order valence-electron chi connectivity index (χ0n) is 24.2. The predicted octanol–water partition coefficient (Wildman–Crippen LogP) is 10.7. The molecule has 0 bridgehead atoms. The second-order valence-corrected chi connectivity index (χ2v) is 10.9. The van der Waals surface area contributed by atoms with E-state index in [9.17, 15) is 0 Å². The Bertz CT molecular complexity index is 2280. The predicted molar refractivity (Wildman–Crippen MR) is 186 cm³/mol. The van der Waals surface area contributed by atoms with Crippen LogP contribution < -0.4 is 0 Å². The molecule has 3 nitrogen and oxygen atoms in total. The van der Waals surface area contributed by atoms with Gasteiger partial charge in [0.25, 0.3) is 0 Å². The molecule has 0 aliphatic rings. The van der Waals surface area contributed by atoms with Crippen molar-refractivity contribution >= 4 is 44.9 Å². The fourth-order valence-electron chi connectivity index (χ4n) is 6.55. The number of hydrogen-bond donors (Lipinski definition) is 0. The number of nitrogens with zero attached hydrogens (tertiary/aromatic N) is 3. The van der Waals surface area contributed by atoms with Crippen LogP contribution in [0, 0.1) is 0 Å². The van der Waals surface area contributed by atoms with E-state index in [2.05, 4.69) is 150 Å². The molecule has 0 radical (unpaired) electrons. The fraction of sp³-hybridized carbons (Fsp3) is 0. The molecule has 0 aliphatic heterocycles. The Morgan fingerprint density at radius 2 is 1.02 bits per heavy atom. The molecule has 0 aliphatic carbocycles. The van der Waals surface area contributed by atoms with Gasteiger partial charge in [0.15, 0.2) is 0 Å². The van der Waals surface area contributed by atoms with Crippen molar-refractivity contribution in [3.63, 3.8) is 0 Å². The highest BCUT2D eigenvalue weighted by molar-refractivity contribution is 6.20. The van der Waals surface area contributed by atoms with Crippen molar-refractivity contribution in [2.75, 3.05) is 0 Å². The molecule has 0 unspecified atom stereocenters. The van der Waals surface area contributed by atoms with Crippen molar-refractivity contribution in [1.82, 2.24) is 14.1 Å². The quantitative estimate of drug-likeness (QED) is 0.197. The molecule has 44 heavy (non-hydrogen) atoms. The second kappa shape index (κ2) is 10.4. The molecule has 0 amide bonds. The summed E-state index contributed by atoms with van der Waals surface area (Å²) in [6.07, 6.45) is 3.89. The van der Waals surface area contributed by atoms with Crippen LogP contribution in [0.2, 0.25) is 0 Å². The van der Waals surface area contributed by atoms with Crippen molar-refractivity contribution in [2.24, 2.45) is 0 Å². The van der Waals surface area contributed by atoms with Crippen LogP contribution in [0.15, 0.2) is 153 Å². The molecule has 3 aromatic heterocycles. The van der Waals surface area contributed by atoms with Crippen molar-refractivity contribution < 1.29 is 0 Å². The van der Waals surface area contributed by atoms with Gasteiger partial charge in [-0.15, -0.1) is 0 Å². The van der Waals surface area contributed by atoms with Crippen LogP contribution in [-0.4, -0.2) is 14.1 Å². The van der Waals surface area contributed by atoms with Gasteiger partial charge < -0.3 is 9.13 Å². The van der Waals surface area contributed by atoms with Gasteiger partial charge in [0.2, 0.25) is 0 Å². The normalized spacial score (nSPS) is 11.4. The Balaban J connectivity index is 1.57. The maximum atomic E-state index is 5.17. The lowest BCUT2D eigenvalue weighted by Gasteiger charge is -2.15. The molecule has 0 N–H and O–H groups in total. The average molecular weight is 564 g/mol. The summed E-state index contributed by atoms with van der Waals surface area (Å²) in [4.78, 5) is 5.17. The van der Waals surface area contributed by atoms with Gasteiger partial charge in [-0.25, -0.2) is 4.98 Å². The molecule has 0 spiro atoms. The van der Waals surface area contributed by atoms with Gasteiger partial charge >= 0.3 is 0 Å². The third kappa shape index (κ3) is 3.94. The Kier molecular flexibility index (Phi) is 6.09. The summed E-state index contributed by atoms with van der Waals surface area (Å²) in [6, 6.07) is 48.9. The first kappa shape index (κ1) is 25.8. The van der Waals surface area contributed by atoms with E-state index in [0.29, 0.717) is 0 Å². The first-order chi connectivity index (χ1) is 21.8. The Morgan fingerprint density at radius 1 is 0.477 bits per heavy atom. The highest BCUT2D eigenvalue weighted by Gasteiger charge is 2.23. The van der Waals surface area contributed by atoms with Crippen LogP contribution in [0.1, 0.15) is 11.3 Å². The summed E-state index contributed by atoms with van der Waals surface area (Å²) in [5.41, 5.74) is 11.6. The van der Waals surface area contributed by atoms with Crippen LogP contribution in [0.4, 0.5) is 0 Å². The first-order valence-electron chi connectivity index (χ1n) is 14.8. The van der Waals surface area contributed by atoms with Gasteiger partial charge in [-0.1, -0.05) is 128 Å².